The second-order valence-electron chi connectivity index (χ2n) is 4.66. The lowest BCUT2D eigenvalue weighted by Gasteiger charge is -2.07. The molecule has 7 heteroatoms. The normalized spacial score (nSPS) is 10.4. The maximum Gasteiger partial charge on any atom is 0.270 e. The first-order chi connectivity index (χ1) is 10.7. The fourth-order valence-electron chi connectivity index (χ4n) is 1.96. The van der Waals surface area contributed by atoms with Gasteiger partial charge in [-0.1, -0.05) is 0 Å². The molecule has 0 fully saturated rings. The number of pyridine rings is 1. The number of aryl methyl sites for hydroxylation is 1. The van der Waals surface area contributed by atoms with Crippen molar-refractivity contribution in [2.24, 2.45) is 0 Å². The zero-order chi connectivity index (χ0) is 15.4. The molecule has 3 heterocycles. The van der Waals surface area contributed by atoms with Crippen LogP contribution in [0.4, 0.5) is 0 Å². The summed E-state index contributed by atoms with van der Waals surface area (Å²) in [5.41, 5.74) is 1.30. The minimum Gasteiger partial charge on any atom is -0.347 e. The van der Waals surface area contributed by atoms with Gasteiger partial charge < -0.3 is 5.32 Å². The van der Waals surface area contributed by atoms with Crippen LogP contribution >= 0.6 is 0 Å². The zero-order valence-corrected chi connectivity index (χ0v) is 12.0. The van der Waals surface area contributed by atoms with E-state index in [0.29, 0.717) is 18.1 Å². The molecule has 0 aromatic carbocycles. The molecule has 7 nitrogen and oxygen atoms in total. The van der Waals surface area contributed by atoms with Crippen molar-refractivity contribution in [1.29, 1.82) is 0 Å². The SMILES string of the molecule is Cc1nccc(C(=O)NCc2ccnc(-n3ccnc3)c2)n1. The third-order valence-corrected chi connectivity index (χ3v) is 3.04. The number of nitrogens with one attached hydrogen (secondary N) is 1. The van der Waals surface area contributed by atoms with Crippen molar-refractivity contribution in [2.45, 2.75) is 13.5 Å². The molecule has 0 bridgehead atoms. The Labute approximate surface area is 127 Å². The van der Waals surface area contributed by atoms with Crippen LogP contribution in [0.15, 0.2) is 49.3 Å². The van der Waals surface area contributed by atoms with Crippen LogP contribution in [0.3, 0.4) is 0 Å². The number of aromatic nitrogens is 5. The Balaban J connectivity index is 1.69. The molecule has 1 N–H and O–H groups in total. The summed E-state index contributed by atoms with van der Waals surface area (Å²) in [7, 11) is 0. The van der Waals surface area contributed by atoms with E-state index in [-0.39, 0.29) is 5.91 Å². The monoisotopic (exact) mass is 294 g/mol. The minimum atomic E-state index is -0.230. The van der Waals surface area contributed by atoms with E-state index in [4.69, 9.17) is 0 Å². The lowest BCUT2D eigenvalue weighted by Crippen LogP contribution is -2.24. The summed E-state index contributed by atoms with van der Waals surface area (Å²) >= 11 is 0. The summed E-state index contributed by atoms with van der Waals surface area (Å²) in [5.74, 6) is 1.09. The van der Waals surface area contributed by atoms with Gasteiger partial charge in [0.15, 0.2) is 0 Å². The van der Waals surface area contributed by atoms with Crippen LogP contribution in [-0.2, 0) is 6.54 Å². The average Bonchev–Trinajstić information content (AvgIpc) is 3.07. The van der Waals surface area contributed by atoms with E-state index in [0.717, 1.165) is 11.4 Å². The minimum absolute atomic E-state index is 0.230. The smallest absolute Gasteiger partial charge is 0.270 e. The number of amides is 1. The summed E-state index contributed by atoms with van der Waals surface area (Å²) in [6.45, 7) is 2.14. The van der Waals surface area contributed by atoms with Crippen LogP contribution in [0, 0.1) is 6.92 Å². The van der Waals surface area contributed by atoms with E-state index in [1.165, 1.54) is 0 Å². The van der Waals surface area contributed by atoms with Gasteiger partial charge in [-0.05, 0) is 30.7 Å². The Hall–Kier alpha value is -3.09. The van der Waals surface area contributed by atoms with Crippen LogP contribution in [0.25, 0.3) is 5.82 Å². The largest absolute Gasteiger partial charge is 0.347 e. The quantitative estimate of drug-likeness (QED) is 0.783. The van der Waals surface area contributed by atoms with Crippen molar-refractivity contribution in [1.82, 2.24) is 29.8 Å². The van der Waals surface area contributed by atoms with Gasteiger partial charge in [0.05, 0.1) is 0 Å². The van der Waals surface area contributed by atoms with E-state index in [1.54, 1.807) is 42.5 Å². The van der Waals surface area contributed by atoms with Crippen molar-refractivity contribution < 1.29 is 4.79 Å². The Kier molecular flexibility index (Phi) is 3.86. The molecule has 110 valence electrons. The molecule has 3 aromatic heterocycles. The number of nitrogens with zero attached hydrogens (tertiary/aromatic N) is 5. The van der Waals surface area contributed by atoms with E-state index in [1.807, 2.05) is 18.3 Å². The topological polar surface area (TPSA) is 85.6 Å². The van der Waals surface area contributed by atoms with Gasteiger partial charge in [0, 0.05) is 31.3 Å². The highest BCUT2D eigenvalue weighted by Crippen LogP contribution is 2.07. The van der Waals surface area contributed by atoms with Crippen LogP contribution < -0.4 is 5.32 Å². The van der Waals surface area contributed by atoms with E-state index in [2.05, 4.69) is 25.3 Å². The van der Waals surface area contributed by atoms with Crippen LogP contribution in [0.2, 0.25) is 0 Å². The van der Waals surface area contributed by atoms with Gasteiger partial charge in [0.2, 0.25) is 0 Å². The summed E-state index contributed by atoms with van der Waals surface area (Å²) in [5, 5.41) is 2.83. The molecule has 0 spiro atoms. The number of hydrogen-bond donors (Lipinski definition) is 1. The van der Waals surface area contributed by atoms with Gasteiger partial charge >= 0.3 is 0 Å². The highest BCUT2D eigenvalue weighted by atomic mass is 16.1. The van der Waals surface area contributed by atoms with Crippen LogP contribution in [-0.4, -0.2) is 30.4 Å². The van der Waals surface area contributed by atoms with Crippen molar-refractivity contribution in [3.05, 3.63) is 66.4 Å². The molecule has 0 atom stereocenters. The predicted octanol–water partition coefficient (Wildman–Crippen LogP) is 1.30. The van der Waals surface area contributed by atoms with Crippen LogP contribution in [0.1, 0.15) is 21.9 Å². The second kappa shape index (κ2) is 6.13. The fraction of sp³-hybridized carbons (Fsp3) is 0.133. The number of hydrogen-bond acceptors (Lipinski definition) is 5. The Morgan fingerprint density at radius 3 is 2.86 bits per heavy atom. The molecule has 3 aromatic rings. The number of imidazole rings is 1. The molecule has 0 aliphatic rings. The molecular formula is C15H14N6O. The first-order valence-corrected chi connectivity index (χ1v) is 6.73. The first kappa shape index (κ1) is 13.9. The highest BCUT2D eigenvalue weighted by Gasteiger charge is 2.07. The van der Waals surface area contributed by atoms with Gasteiger partial charge in [0.1, 0.15) is 23.7 Å². The van der Waals surface area contributed by atoms with Gasteiger partial charge in [-0.3, -0.25) is 9.36 Å². The third-order valence-electron chi connectivity index (χ3n) is 3.04. The maximum absolute atomic E-state index is 12.1. The van der Waals surface area contributed by atoms with Crippen molar-refractivity contribution in [2.75, 3.05) is 0 Å². The Morgan fingerprint density at radius 1 is 1.23 bits per heavy atom. The molecule has 0 unspecified atom stereocenters. The Morgan fingerprint density at radius 2 is 2.09 bits per heavy atom. The Bertz CT molecular complexity index is 784. The summed E-state index contributed by atoms with van der Waals surface area (Å²) in [6, 6.07) is 5.34. The standard InChI is InChI=1S/C15H14N6O/c1-11-17-5-3-13(20-11)15(22)19-9-12-2-4-18-14(8-12)21-7-6-16-10-21/h2-8,10H,9H2,1H3,(H,19,22). The second-order valence-corrected chi connectivity index (χ2v) is 4.66. The molecule has 0 aliphatic heterocycles. The van der Waals surface area contributed by atoms with E-state index >= 15 is 0 Å². The molecule has 0 saturated carbocycles. The van der Waals surface area contributed by atoms with Crippen molar-refractivity contribution >= 4 is 5.91 Å². The molecular weight excluding hydrogens is 280 g/mol. The number of carbonyl (C=O) groups is 1. The maximum atomic E-state index is 12.1. The predicted molar refractivity (Wildman–Crippen MR) is 79.3 cm³/mol. The molecule has 0 aliphatic carbocycles. The van der Waals surface area contributed by atoms with Gasteiger partial charge in [0.25, 0.3) is 5.91 Å². The molecule has 22 heavy (non-hydrogen) atoms. The van der Waals surface area contributed by atoms with Crippen LogP contribution in [0.5, 0.6) is 0 Å². The van der Waals surface area contributed by atoms with E-state index < -0.39 is 0 Å². The lowest BCUT2D eigenvalue weighted by atomic mass is 10.2. The zero-order valence-electron chi connectivity index (χ0n) is 12.0. The van der Waals surface area contributed by atoms with Gasteiger partial charge in [-0.2, -0.15) is 0 Å². The summed E-state index contributed by atoms with van der Waals surface area (Å²) < 4.78 is 1.80. The van der Waals surface area contributed by atoms with Crippen molar-refractivity contribution in [3.8, 4) is 5.82 Å². The lowest BCUT2D eigenvalue weighted by molar-refractivity contribution is 0.0945. The molecule has 0 radical (unpaired) electrons. The van der Waals surface area contributed by atoms with Gasteiger partial charge in [-0.25, -0.2) is 19.9 Å². The molecule has 3 rings (SSSR count). The summed E-state index contributed by atoms with van der Waals surface area (Å²) in [4.78, 5) is 28.4. The first-order valence-electron chi connectivity index (χ1n) is 6.73. The number of carbonyl (C=O) groups excluding carboxylic acids is 1. The third kappa shape index (κ3) is 3.14. The molecule has 1 amide bonds. The average molecular weight is 294 g/mol. The van der Waals surface area contributed by atoms with Gasteiger partial charge in [-0.15, -0.1) is 0 Å². The highest BCUT2D eigenvalue weighted by molar-refractivity contribution is 5.92. The van der Waals surface area contributed by atoms with Crippen molar-refractivity contribution in [3.63, 3.8) is 0 Å². The fourth-order valence-corrected chi connectivity index (χ4v) is 1.96. The summed E-state index contributed by atoms with van der Waals surface area (Å²) in [6.07, 6.45) is 8.45. The molecule has 0 saturated heterocycles. The van der Waals surface area contributed by atoms with E-state index in [9.17, 15) is 4.79 Å². The number of rotatable bonds is 4.